The monoisotopic (exact) mass is 435 g/mol. The molecule has 0 bridgehead atoms. The van der Waals surface area contributed by atoms with E-state index in [0.29, 0.717) is 33.7 Å². The molecule has 0 radical (unpaired) electrons. The Labute approximate surface area is 182 Å². The van der Waals surface area contributed by atoms with Crippen LogP contribution in [0.3, 0.4) is 0 Å². The zero-order valence-electron chi connectivity index (χ0n) is 17.1. The second kappa shape index (κ2) is 11.2. The lowest BCUT2D eigenvalue weighted by molar-refractivity contribution is -0.117. The summed E-state index contributed by atoms with van der Waals surface area (Å²) in [5.74, 6) is -0.862. The molecule has 0 spiro atoms. The molecular formula is C22H21N5O3S. The normalized spacial score (nSPS) is 9.45. The van der Waals surface area contributed by atoms with Gasteiger partial charge in [0.05, 0.1) is 0 Å². The average Bonchev–Trinajstić information content (AvgIpc) is 3.06. The van der Waals surface area contributed by atoms with Gasteiger partial charge >= 0.3 is 0 Å². The number of hydrogen-bond donors (Lipinski definition) is 3. The molecule has 1 aromatic heterocycles. The lowest BCUT2D eigenvalue weighted by Gasteiger charge is -2.04. The van der Waals surface area contributed by atoms with E-state index in [2.05, 4.69) is 34.0 Å². The fraction of sp³-hybridized carbons (Fsp3) is 0.182. The van der Waals surface area contributed by atoms with Crippen LogP contribution in [0.25, 0.3) is 11.5 Å². The molecule has 9 heteroatoms. The lowest BCUT2D eigenvalue weighted by Crippen LogP contribution is -2.30. The average molecular weight is 436 g/mol. The third-order valence-electron chi connectivity index (χ3n) is 3.87. The first-order valence-corrected chi connectivity index (χ1v) is 10.2. The van der Waals surface area contributed by atoms with Crippen LogP contribution in [0.4, 0.5) is 11.4 Å². The number of carbonyl (C=O) groups excluding carboxylic acids is 2. The van der Waals surface area contributed by atoms with Crippen molar-refractivity contribution in [3.63, 3.8) is 0 Å². The molecule has 2 rings (SSSR count). The highest BCUT2D eigenvalue weighted by molar-refractivity contribution is 7.07. The maximum absolute atomic E-state index is 12.6. The number of benzene rings is 1. The van der Waals surface area contributed by atoms with Crippen molar-refractivity contribution in [2.24, 2.45) is 0 Å². The fourth-order valence-corrected chi connectivity index (χ4v) is 3.42. The van der Waals surface area contributed by atoms with Gasteiger partial charge in [-0.25, -0.2) is 0 Å². The molecule has 158 valence electrons. The van der Waals surface area contributed by atoms with E-state index in [1.807, 2.05) is 6.07 Å². The molecule has 8 nitrogen and oxygen atoms in total. The highest BCUT2D eigenvalue weighted by Crippen LogP contribution is 2.14. The minimum atomic E-state index is -0.542. The van der Waals surface area contributed by atoms with Gasteiger partial charge in [-0.3, -0.25) is 19.0 Å². The second-order valence-corrected chi connectivity index (χ2v) is 6.96. The van der Waals surface area contributed by atoms with Gasteiger partial charge in [0, 0.05) is 30.7 Å². The number of thiazole rings is 1. The molecule has 0 aliphatic heterocycles. The Balaban J connectivity index is 2.47. The van der Waals surface area contributed by atoms with Crippen molar-refractivity contribution in [1.29, 1.82) is 5.26 Å². The summed E-state index contributed by atoms with van der Waals surface area (Å²) in [5, 5.41) is 17.4. The maximum atomic E-state index is 12.6. The standard InChI is InChI=1S/C22H21N5O3S/c1-4-19(28)26-17-9-7-8-16(13-17)25-11-10-18-22(30)27(6-3)20(31-18)12-15(14-23)21(29)24-5-2/h4,7-9,11,13,25H,1,5-6H2,2-3H3,(H,24,29)(H,26,28). The van der Waals surface area contributed by atoms with Gasteiger partial charge < -0.3 is 16.0 Å². The number of carbonyl (C=O) groups is 2. The van der Waals surface area contributed by atoms with Crippen LogP contribution in [-0.4, -0.2) is 22.9 Å². The first-order chi connectivity index (χ1) is 14.9. The number of nitrogens with zero attached hydrogens (tertiary/aromatic N) is 2. The summed E-state index contributed by atoms with van der Waals surface area (Å²) in [6.07, 6.45) is 2.65. The molecule has 31 heavy (non-hydrogen) atoms. The summed E-state index contributed by atoms with van der Waals surface area (Å²) in [5.41, 5.74) is 6.39. The number of rotatable bonds is 7. The van der Waals surface area contributed by atoms with E-state index in [9.17, 15) is 19.6 Å². The van der Waals surface area contributed by atoms with Gasteiger partial charge in [-0.2, -0.15) is 5.26 Å². The van der Waals surface area contributed by atoms with Gasteiger partial charge in [0.2, 0.25) is 5.91 Å². The van der Waals surface area contributed by atoms with Gasteiger partial charge in [-0.15, -0.1) is 0 Å². The van der Waals surface area contributed by atoms with Crippen LogP contribution in [0, 0.1) is 11.3 Å². The van der Waals surface area contributed by atoms with Crippen molar-refractivity contribution >= 4 is 46.0 Å². The van der Waals surface area contributed by atoms with Gasteiger partial charge in [-0.05, 0) is 38.1 Å². The zero-order chi connectivity index (χ0) is 22.8. The first-order valence-electron chi connectivity index (χ1n) is 9.37. The van der Waals surface area contributed by atoms with Crippen LogP contribution in [-0.2, 0) is 16.1 Å². The maximum Gasteiger partial charge on any atom is 0.277 e. The summed E-state index contributed by atoms with van der Waals surface area (Å²) >= 11 is 1.08. The summed E-state index contributed by atoms with van der Waals surface area (Å²) in [6.45, 7) is 7.67. The van der Waals surface area contributed by atoms with E-state index in [-0.39, 0.29) is 17.0 Å². The summed E-state index contributed by atoms with van der Waals surface area (Å²) < 4.78 is 2.07. The Morgan fingerprint density at radius 2 is 2.03 bits per heavy atom. The van der Waals surface area contributed by atoms with Crippen LogP contribution in [0.5, 0.6) is 0 Å². The Bertz CT molecular complexity index is 1300. The van der Waals surface area contributed by atoms with Gasteiger partial charge in [0.1, 0.15) is 15.3 Å². The summed E-state index contributed by atoms with van der Waals surface area (Å²) in [4.78, 5) is 36.0. The third-order valence-corrected chi connectivity index (χ3v) is 4.88. The van der Waals surface area contributed by atoms with E-state index >= 15 is 0 Å². The van der Waals surface area contributed by atoms with Crippen molar-refractivity contribution in [2.45, 2.75) is 20.4 Å². The Kier molecular flexibility index (Phi) is 8.38. The number of anilines is 2. The number of likely N-dealkylation sites (N-methyl/N-ethyl adjacent to an activating group) is 1. The van der Waals surface area contributed by atoms with Crippen LogP contribution in [0.2, 0.25) is 0 Å². The van der Waals surface area contributed by atoms with Crippen LogP contribution >= 0.6 is 11.3 Å². The quantitative estimate of drug-likeness (QED) is 0.444. The summed E-state index contributed by atoms with van der Waals surface area (Å²) in [7, 11) is 0. The van der Waals surface area contributed by atoms with Crippen molar-refractivity contribution in [2.75, 3.05) is 17.2 Å². The SMILES string of the molecule is C=CC(=O)Nc1cccc(NC=C=c2sc(=C=C(C#N)C(=O)NCC)n(CC)c2=O)c1. The third kappa shape index (κ3) is 6.20. The molecule has 3 N–H and O–H groups in total. The molecule has 0 unspecified atom stereocenters. The molecular weight excluding hydrogens is 414 g/mol. The Morgan fingerprint density at radius 1 is 1.29 bits per heavy atom. The van der Waals surface area contributed by atoms with Gasteiger partial charge in [0.15, 0.2) is 5.57 Å². The largest absolute Gasteiger partial charge is 0.355 e. The molecule has 2 aromatic rings. The molecule has 0 saturated heterocycles. The first kappa shape index (κ1) is 23.2. The molecule has 0 atom stereocenters. The van der Waals surface area contributed by atoms with Crippen molar-refractivity contribution < 1.29 is 9.59 Å². The Morgan fingerprint density at radius 3 is 2.68 bits per heavy atom. The van der Waals surface area contributed by atoms with Crippen molar-refractivity contribution in [3.05, 3.63) is 68.2 Å². The predicted molar refractivity (Wildman–Crippen MR) is 122 cm³/mol. The molecule has 0 saturated carbocycles. The number of amides is 2. The van der Waals surface area contributed by atoms with Crippen LogP contribution < -0.4 is 30.7 Å². The zero-order valence-corrected chi connectivity index (χ0v) is 17.9. The van der Waals surface area contributed by atoms with Crippen LogP contribution in [0.1, 0.15) is 13.8 Å². The van der Waals surface area contributed by atoms with E-state index in [1.54, 1.807) is 38.1 Å². The van der Waals surface area contributed by atoms with Gasteiger partial charge in [-0.1, -0.05) is 35.4 Å². The molecule has 1 heterocycles. The minimum Gasteiger partial charge on any atom is -0.355 e. The highest BCUT2D eigenvalue weighted by Gasteiger charge is 2.08. The van der Waals surface area contributed by atoms with Crippen molar-refractivity contribution in [3.8, 4) is 6.07 Å². The topological polar surface area (TPSA) is 116 Å². The second-order valence-electron chi connectivity index (χ2n) is 5.96. The molecule has 2 amide bonds. The number of hydrogen-bond acceptors (Lipinski definition) is 6. The van der Waals surface area contributed by atoms with Crippen molar-refractivity contribution in [1.82, 2.24) is 9.88 Å². The number of nitrogens with one attached hydrogen (secondary N) is 3. The fourth-order valence-electron chi connectivity index (χ4n) is 2.44. The molecule has 1 aromatic carbocycles. The Hall–Kier alpha value is -4.08. The van der Waals surface area contributed by atoms with E-state index < -0.39 is 5.91 Å². The smallest absolute Gasteiger partial charge is 0.277 e. The molecule has 0 aliphatic carbocycles. The lowest BCUT2D eigenvalue weighted by atomic mass is 10.2. The highest BCUT2D eigenvalue weighted by atomic mass is 32.1. The summed E-state index contributed by atoms with van der Waals surface area (Å²) in [6, 6.07) is 8.80. The molecule has 0 fully saturated rings. The number of aromatic nitrogens is 1. The van der Waals surface area contributed by atoms with Crippen LogP contribution in [0.15, 0.2) is 53.5 Å². The predicted octanol–water partition coefficient (Wildman–Crippen LogP) is 1.02. The number of nitriles is 1. The van der Waals surface area contributed by atoms with E-state index in [1.165, 1.54) is 16.8 Å². The molecule has 0 aliphatic rings. The van der Waals surface area contributed by atoms with E-state index in [4.69, 9.17) is 0 Å². The van der Waals surface area contributed by atoms with Gasteiger partial charge in [0.25, 0.3) is 11.5 Å². The minimum absolute atomic E-state index is 0.197. The van der Waals surface area contributed by atoms with E-state index in [0.717, 1.165) is 11.3 Å².